The fraction of sp³-hybridized carbons (Fsp3) is 0.905. The highest BCUT2D eigenvalue weighted by Gasteiger charge is 2.58. The van der Waals surface area contributed by atoms with Gasteiger partial charge in [-0.1, -0.05) is 277 Å². The number of rotatable bonds is 60. The lowest BCUT2D eigenvalue weighted by atomic mass is 9.84. The molecule has 0 aromatic heterocycles. The Labute approximate surface area is 592 Å². The Balaban J connectivity index is 1.74. The van der Waals surface area contributed by atoms with Gasteiger partial charge in [0.2, 0.25) is 0 Å². The summed E-state index contributed by atoms with van der Waals surface area (Å²) in [7, 11) is -5.71. The molecule has 3 fully saturated rings. The van der Waals surface area contributed by atoms with Crippen LogP contribution in [0.3, 0.4) is 0 Å². The van der Waals surface area contributed by atoms with E-state index in [1.807, 2.05) is 6.08 Å². The topological polar surface area (TPSA) is 374 Å². The van der Waals surface area contributed by atoms with E-state index >= 15 is 0 Å². The van der Waals surface area contributed by atoms with E-state index in [2.05, 4.69) is 20.8 Å². The quantitative estimate of drug-likeness (QED) is 0.00673. The minimum Gasteiger partial charge on any atom is -0.463 e. The summed E-state index contributed by atoms with van der Waals surface area (Å²) in [5.74, 6) is -2.24. The highest BCUT2D eigenvalue weighted by atomic mass is 31.2. The molecule has 11 N–H and O–H groups in total. The van der Waals surface area contributed by atoms with Crippen molar-refractivity contribution in [3.05, 3.63) is 24.3 Å². The van der Waals surface area contributed by atoms with E-state index in [9.17, 15) is 74.9 Å². The summed E-state index contributed by atoms with van der Waals surface area (Å²) in [4.78, 5) is 50.9. The van der Waals surface area contributed by atoms with Gasteiger partial charge in [0, 0.05) is 18.9 Å². The van der Waals surface area contributed by atoms with Crippen LogP contribution in [0, 0.1) is 0 Å². The van der Waals surface area contributed by atoms with Gasteiger partial charge in [0.25, 0.3) is 0 Å². The number of phosphoric acid groups is 1. The Morgan fingerprint density at radius 1 is 0.414 bits per heavy atom. The van der Waals surface area contributed by atoms with Crippen molar-refractivity contribution in [2.75, 3.05) is 26.4 Å². The monoisotopic (exact) mass is 1440 g/mol. The summed E-state index contributed by atoms with van der Waals surface area (Å²) >= 11 is 0. The number of aliphatic hydroxyl groups is 10. The highest BCUT2D eigenvalue weighted by molar-refractivity contribution is 7.47. The van der Waals surface area contributed by atoms with Crippen molar-refractivity contribution in [2.24, 2.45) is 0 Å². The molecule has 2 saturated heterocycles. The number of esters is 3. The molecule has 0 spiro atoms. The van der Waals surface area contributed by atoms with E-state index in [0.717, 1.165) is 96.0 Å². The zero-order chi connectivity index (χ0) is 72.5. The number of hydrogen-bond acceptors (Lipinski definition) is 23. The zero-order valence-corrected chi connectivity index (χ0v) is 61.4. The van der Waals surface area contributed by atoms with Crippen LogP contribution >= 0.6 is 7.82 Å². The first kappa shape index (κ1) is 90.7. The molecule has 18 atom stereocenters. The molecule has 3 rings (SSSR count). The number of hydrogen-bond donors (Lipinski definition) is 11. The summed E-state index contributed by atoms with van der Waals surface area (Å²) in [6.45, 7) is 3.35. The van der Waals surface area contributed by atoms with Gasteiger partial charge in [-0.3, -0.25) is 18.6 Å². The largest absolute Gasteiger partial charge is 0.472 e. The first-order chi connectivity index (χ1) is 47.8. The van der Waals surface area contributed by atoms with Crippen molar-refractivity contribution in [3.63, 3.8) is 0 Å². The van der Waals surface area contributed by atoms with E-state index in [1.54, 1.807) is 6.08 Å². The Hall–Kier alpha value is -2.56. The standard InChI is InChI=1S/C74H135O24P/c1-4-7-10-13-16-19-22-25-28-31-33-36-39-42-45-48-58(76)90-52-55(93-60(78)50-47-44-41-38-35-30-27-24-21-18-15-12-9-6-3)53-92-99(88,89)98-72-70(96-73-68(86)63(81)61(79)56(51-75)94-73)66(84)65(83)67(85)71(72)97-74-69(87)64(82)62(80)57(95-74)54-91-59(77)49-46-43-40-37-34-32-29-26-23-20-17-14-11-8-5-2/h39,42,45,48,55-57,61-75,79-87H,4-38,40-41,43-44,46-47,49-54H2,1-3H3,(H,88,89)/b42-39+,48-45+. The predicted molar refractivity (Wildman–Crippen MR) is 374 cm³/mol. The Kier molecular flexibility index (Phi) is 51.2. The van der Waals surface area contributed by atoms with Crippen LogP contribution in [-0.4, -0.2) is 204 Å². The third-order valence-electron chi connectivity index (χ3n) is 19.1. The molecule has 24 nitrogen and oxygen atoms in total. The lowest BCUT2D eigenvalue weighted by Crippen LogP contribution is -2.69. The van der Waals surface area contributed by atoms with E-state index in [-0.39, 0.29) is 12.8 Å². The van der Waals surface area contributed by atoms with Crippen LogP contribution in [0.2, 0.25) is 0 Å². The average Bonchev–Trinajstić information content (AvgIpc) is 0.762. The van der Waals surface area contributed by atoms with Crippen LogP contribution in [0.4, 0.5) is 0 Å². The van der Waals surface area contributed by atoms with E-state index in [0.29, 0.717) is 12.8 Å². The molecule has 0 bridgehead atoms. The molecule has 25 heteroatoms. The second-order valence-corrected chi connectivity index (χ2v) is 29.2. The lowest BCUT2D eigenvalue weighted by molar-refractivity contribution is -0.360. The summed E-state index contributed by atoms with van der Waals surface area (Å²) in [5.41, 5.74) is 0. The number of phosphoric ester groups is 1. The van der Waals surface area contributed by atoms with Crippen molar-refractivity contribution in [1.82, 2.24) is 0 Å². The number of unbranched alkanes of at least 4 members (excludes halogenated alkanes) is 38. The molecule has 0 aromatic rings. The van der Waals surface area contributed by atoms with Crippen LogP contribution < -0.4 is 0 Å². The van der Waals surface area contributed by atoms with Gasteiger partial charge in [0.05, 0.1) is 13.2 Å². The van der Waals surface area contributed by atoms with Crippen molar-refractivity contribution >= 4 is 25.7 Å². The Bertz CT molecular complexity index is 2140. The van der Waals surface area contributed by atoms with E-state index in [1.165, 1.54) is 167 Å². The van der Waals surface area contributed by atoms with Crippen molar-refractivity contribution < 1.29 is 117 Å². The second kappa shape index (κ2) is 55.9. The van der Waals surface area contributed by atoms with Crippen LogP contribution in [0.15, 0.2) is 24.3 Å². The van der Waals surface area contributed by atoms with Crippen molar-refractivity contribution in [2.45, 2.75) is 401 Å². The van der Waals surface area contributed by atoms with E-state index < -0.39 is 156 Å². The fourth-order valence-corrected chi connectivity index (χ4v) is 13.8. The molecule has 1 aliphatic carbocycles. The summed E-state index contributed by atoms with van der Waals surface area (Å²) in [6, 6.07) is 0. The number of allylic oxidation sites excluding steroid dienone is 3. The molecule has 99 heavy (non-hydrogen) atoms. The van der Waals surface area contributed by atoms with Gasteiger partial charge in [-0.05, 0) is 25.7 Å². The van der Waals surface area contributed by atoms with E-state index in [4.69, 9.17) is 42.2 Å². The third kappa shape index (κ3) is 38.9. The van der Waals surface area contributed by atoms with Crippen LogP contribution in [0.5, 0.6) is 0 Å². The minimum absolute atomic E-state index is 0.0292. The first-order valence-electron chi connectivity index (χ1n) is 38.7. The molecule has 0 radical (unpaired) electrons. The number of carbonyl (C=O) groups excluding carboxylic acids is 3. The Morgan fingerprint density at radius 2 is 0.778 bits per heavy atom. The predicted octanol–water partition coefficient (Wildman–Crippen LogP) is 10.9. The molecule has 580 valence electrons. The highest BCUT2D eigenvalue weighted by Crippen LogP contribution is 2.49. The van der Waals surface area contributed by atoms with Gasteiger partial charge < -0.3 is 89.1 Å². The Morgan fingerprint density at radius 3 is 1.19 bits per heavy atom. The maximum absolute atomic E-state index is 14.3. The first-order valence-corrected chi connectivity index (χ1v) is 40.2. The van der Waals surface area contributed by atoms with Crippen LogP contribution in [0.25, 0.3) is 0 Å². The smallest absolute Gasteiger partial charge is 0.463 e. The SMILES string of the molecule is CCCCCCCCCCCCC/C=C/C=C/C(=O)OCC(COP(=O)(O)OC1C(OC2OC(CO)C(O)C(O)C2O)C(O)C(O)C(O)C1OC1OC(COC(=O)CCCCCCCCCCCCCCCCC)C(O)C(O)C1O)OC(=O)CCCCCCCCCCCCCCCC. The molecular formula is C74H135O24P. The third-order valence-corrected chi connectivity index (χ3v) is 20.1. The van der Waals surface area contributed by atoms with Crippen LogP contribution in [0.1, 0.15) is 297 Å². The normalized spacial score (nSPS) is 27.6. The zero-order valence-electron chi connectivity index (χ0n) is 60.5. The summed E-state index contributed by atoms with van der Waals surface area (Å²) in [6.07, 6.45) is 17.3. The molecule has 1 saturated carbocycles. The molecule has 18 unspecified atom stereocenters. The summed E-state index contributed by atoms with van der Waals surface area (Å²) < 4.78 is 64.9. The van der Waals surface area contributed by atoms with Gasteiger partial charge in [-0.2, -0.15) is 0 Å². The molecule has 3 aliphatic rings. The van der Waals surface area contributed by atoms with Gasteiger partial charge in [-0.25, -0.2) is 9.36 Å². The molecule has 0 amide bonds. The number of aliphatic hydroxyl groups excluding tert-OH is 10. The second-order valence-electron chi connectivity index (χ2n) is 27.8. The fourth-order valence-electron chi connectivity index (χ4n) is 12.8. The van der Waals surface area contributed by atoms with Gasteiger partial charge in [0.15, 0.2) is 18.7 Å². The lowest BCUT2D eigenvalue weighted by Gasteiger charge is -2.49. The van der Waals surface area contributed by atoms with Gasteiger partial charge in [-0.15, -0.1) is 0 Å². The van der Waals surface area contributed by atoms with Gasteiger partial charge >= 0.3 is 25.7 Å². The molecular weight excluding hydrogens is 1300 g/mol. The maximum atomic E-state index is 14.3. The van der Waals surface area contributed by atoms with Crippen molar-refractivity contribution in [1.29, 1.82) is 0 Å². The van der Waals surface area contributed by atoms with Gasteiger partial charge in [0.1, 0.15) is 98.7 Å². The average molecular weight is 1440 g/mol. The summed E-state index contributed by atoms with van der Waals surface area (Å²) in [5, 5.41) is 110. The maximum Gasteiger partial charge on any atom is 0.472 e. The van der Waals surface area contributed by atoms with Crippen LogP contribution in [-0.2, 0) is 61.2 Å². The number of ether oxygens (including phenoxy) is 7. The van der Waals surface area contributed by atoms with Crippen molar-refractivity contribution in [3.8, 4) is 0 Å². The molecule has 2 aliphatic heterocycles. The molecule has 0 aromatic carbocycles. The minimum atomic E-state index is -5.71. The molecule has 2 heterocycles. The number of carbonyl (C=O) groups is 3.